The van der Waals surface area contributed by atoms with Crippen LogP contribution in [0.15, 0.2) is 0 Å². The molecule has 0 aromatic carbocycles. The van der Waals surface area contributed by atoms with Crippen molar-refractivity contribution in [1.29, 1.82) is 0 Å². The van der Waals surface area contributed by atoms with Crippen molar-refractivity contribution in [3.8, 4) is 0 Å². The Balaban J connectivity index is 0. The molecule has 0 heterocycles. The molecular weight excluding hydrogens is 113 g/mol. The third-order valence-corrected chi connectivity index (χ3v) is 0.321. The molecule has 0 atom stereocenters. The second kappa shape index (κ2) is 5.07. The van der Waals surface area contributed by atoms with E-state index >= 15 is 0 Å². The zero-order valence-corrected chi connectivity index (χ0v) is 4.36. The number of aliphatic carboxylic acids is 1. The van der Waals surface area contributed by atoms with Crippen LogP contribution in [0.25, 0.3) is 0 Å². The Morgan fingerprint density at radius 1 is 1.62 bits per heavy atom. The average molecular weight is 116 g/mol. The third-order valence-electron chi connectivity index (χ3n) is 0.321. The molecule has 0 rings (SSSR count). The maximum atomic E-state index is 10.9. The average Bonchev–Trinajstić information content (AvgIpc) is 1.27. The molecule has 0 aliphatic carbocycles. The zero-order chi connectivity index (χ0) is 5.86. The zero-order valence-electron chi connectivity index (χ0n) is 4.36. The van der Waals surface area contributed by atoms with Crippen molar-refractivity contribution < 1.29 is 37.5 Å². The Labute approximate surface area is 57.1 Å². The van der Waals surface area contributed by atoms with Gasteiger partial charge in [0.25, 0.3) is 0 Å². The molecular formula is C3H3F2LiO2. The first-order valence-electron chi connectivity index (χ1n) is 1.61. The molecule has 0 saturated heterocycles. The number of carboxylic acid groups (broad SMARTS) is 1. The van der Waals surface area contributed by atoms with E-state index in [2.05, 4.69) is 0 Å². The van der Waals surface area contributed by atoms with Gasteiger partial charge in [-0.15, -0.1) is 0 Å². The van der Waals surface area contributed by atoms with E-state index in [1.807, 2.05) is 0 Å². The van der Waals surface area contributed by atoms with Gasteiger partial charge in [0.05, 0.1) is 0 Å². The number of carbonyl (C=O) groups is 1. The molecule has 0 saturated carbocycles. The maximum absolute atomic E-state index is 10.9. The van der Waals surface area contributed by atoms with Crippen LogP contribution in [-0.4, -0.2) is 12.4 Å². The van der Waals surface area contributed by atoms with Crippen molar-refractivity contribution >= 4 is 5.97 Å². The summed E-state index contributed by atoms with van der Waals surface area (Å²) in [4.78, 5) is 9.22. The largest absolute Gasteiger partial charge is 1.00 e. The minimum absolute atomic E-state index is 0. The Kier molecular flexibility index (Phi) is 6.86. The van der Waals surface area contributed by atoms with Crippen molar-refractivity contribution in [1.82, 2.24) is 0 Å². The summed E-state index contributed by atoms with van der Waals surface area (Å²) >= 11 is 0. The minimum atomic E-state index is -2.79. The first-order valence-corrected chi connectivity index (χ1v) is 1.61. The molecule has 0 spiro atoms. The van der Waals surface area contributed by atoms with E-state index in [4.69, 9.17) is 0 Å². The fraction of sp³-hybridized carbons (Fsp3) is 0.667. The van der Waals surface area contributed by atoms with Crippen LogP contribution in [0.1, 0.15) is 6.42 Å². The van der Waals surface area contributed by atoms with E-state index in [1.54, 1.807) is 0 Å². The summed E-state index contributed by atoms with van der Waals surface area (Å²) in [6, 6.07) is 0. The summed E-state index contributed by atoms with van der Waals surface area (Å²) in [5, 5.41) is 9.22. The smallest absolute Gasteiger partial charge is 0.550 e. The molecule has 0 N–H and O–H groups in total. The number of carbonyl (C=O) groups excluding carboxylic acids is 1. The molecule has 0 radical (unpaired) electrons. The van der Waals surface area contributed by atoms with Gasteiger partial charge in [0.15, 0.2) is 0 Å². The Morgan fingerprint density at radius 2 is 2.00 bits per heavy atom. The summed E-state index contributed by atoms with van der Waals surface area (Å²) < 4.78 is 21.7. The normalized spacial score (nSPS) is 8.38. The van der Waals surface area contributed by atoms with Gasteiger partial charge in [0, 0.05) is 12.4 Å². The third kappa shape index (κ3) is 9.33. The quantitative estimate of drug-likeness (QED) is 0.349. The molecule has 0 fully saturated rings. The standard InChI is InChI=1S/C3H4F2O2.Li/c4-2(5)1-3(6)7;/h2H,1H2,(H,6,7);/q;+1/p-1. The summed E-state index contributed by atoms with van der Waals surface area (Å²) in [6.07, 6.45) is -3.95. The van der Waals surface area contributed by atoms with Crippen LogP contribution < -0.4 is 24.0 Å². The summed E-state index contributed by atoms with van der Waals surface area (Å²) in [5.74, 6) is -1.71. The molecule has 0 bridgehead atoms. The monoisotopic (exact) mass is 116 g/mol. The molecule has 0 amide bonds. The van der Waals surface area contributed by atoms with Gasteiger partial charge in [0.1, 0.15) is 0 Å². The minimum Gasteiger partial charge on any atom is -0.550 e. The van der Waals surface area contributed by atoms with Crippen LogP contribution in [0.4, 0.5) is 8.78 Å². The van der Waals surface area contributed by atoms with Gasteiger partial charge in [0.2, 0.25) is 6.43 Å². The van der Waals surface area contributed by atoms with Crippen molar-refractivity contribution in [2.45, 2.75) is 12.8 Å². The van der Waals surface area contributed by atoms with Gasteiger partial charge < -0.3 is 9.90 Å². The molecule has 5 heteroatoms. The van der Waals surface area contributed by atoms with Crippen molar-refractivity contribution in [2.75, 3.05) is 0 Å². The number of hydrogen-bond acceptors (Lipinski definition) is 2. The van der Waals surface area contributed by atoms with Gasteiger partial charge in [-0.05, 0) is 0 Å². The van der Waals surface area contributed by atoms with Crippen LogP contribution in [0, 0.1) is 0 Å². The second-order valence-electron chi connectivity index (χ2n) is 0.967. The first kappa shape index (κ1) is 10.8. The Bertz CT molecular complexity index is 75.7. The Morgan fingerprint density at radius 3 is 2.00 bits per heavy atom. The molecule has 0 aliphatic heterocycles. The summed E-state index contributed by atoms with van der Waals surface area (Å²) in [6.45, 7) is 0. The molecule has 42 valence electrons. The first-order chi connectivity index (χ1) is 3.13. The van der Waals surface area contributed by atoms with Gasteiger partial charge in [-0.25, -0.2) is 8.78 Å². The van der Waals surface area contributed by atoms with E-state index in [9.17, 15) is 18.7 Å². The molecule has 2 nitrogen and oxygen atoms in total. The molecule has 0 unspecified atom stereocenters. The fourth-order valence-electron chi connectivity index (χ4n) is 0.126. The number of halogens is 2. The van der Waals surface area contributed by atoms with Crippen LogP contribution in [0.2, 0.25) is 0 Å². The van der Waals surface area contributed by atoms with Gasteiger partial charge >= 0.3 is 18.9 Å². The number of rotatable bonds is 2. The molecule has 0 aromatic heterocycles. The van der Waals surface area contributed by atoms with E-state index < -0.39 is 18.8 Å². The second-order valence-corrected chi connectivity index (χ2v) is 0.967. The van der Waals surface area contributed by atoms with Crippen LogP contribution in [-0.2, 0) is 4.79 Å². The van der Waals surface area contributed by atoms with Crippen molar-refractivity contribution in [3.63, 3.8) is 0 Å². The van der Waals surface area contributed by atoms with Gasteiger partial charge in [-0.3, -0.25) is 0 Å². The summed E-state index contributed by atoms with van der Waals surface area (Å²) in [7, 11) is 0. The molecule has 0 aromatic rings. The van der Waals surface area contributed by atoms with Crippen molar-refractivity contribution in [2.24, 2.45) is 0 Å². The van der Waals surface area contributed by atoms with E-state index in [0.717, 1.165) is 0 Å². The van der Waals surface area contributed by atoms with Crippen LogP contribution in [0.3, 0.4) is 0 Å². The predicted molar refractivity (Wildman–Crippen MR) is 15.6 cm³/mol. The number of carboxylic acids is 1. The Hall–Kier alpha value is -0.0726. The maximum Gasteiger partial charge on any atom is 1.00 e. The van der Waals surface area contributed by atoms with Crippen LogP contribution in [0.5, 0.6) is 0 Å². The van der Waals surface area contributed by atoms with Gasteiger partial charge in [-0.2, -0.15) is 0 Å². The fourth-order valence-corrected chi connectivity index (χ4v) is 0.126. The van der Waals surface area contributed by atoms with Crippen LogP contribution >= 0.6 is 0 Å². The molecule has 8 heavy (non-hydrogen) atoms. The predicted octanol–water partition coefficient (Wildman–Crippen LogP) is -3.60. The van der Waals surface area contributed by atoms with E-state index in [-0.39, 0.29) is 18.9 Å². The summed E-state index contributed by atoms with van der Waals surface area (Å²) in [5.41, 5.74) is 0. The topological polar surface area (TPSA) is 40.1 Å². The number of hydrogen-bond donors (Lipinski definition) is 0. The SMILES string of the molecule is O=C([O-])CC(F)F.[Li+]. The van der Waals surface area contributed by atoms with Gasteiger partial charge in [-0.1, -0.05) is 0 Å². The van der Waals surface area contributed by atoms with E-state index in [1.165, 1.54) is 0 Å². The van der Waals surface area contributed by atoms with Crippen molar-refractivity contribution in [3.05, 3.63) is 0 Å². The van der Waals surface area contributed by atoms with E-state index in [0.29, 0.717) is 0 Å². The molecule has 0 aliphatic rings. The number of alkyl halides is 2.